The van der Waals surface area contributed by atoms with Crippen molar-refractivity contribution in [3.8, 4) is 0 Å². The second kappa shape index (κ2) is 22.6. The van der Waals surface area contributed by atoms with Crippen LogP contribution in [-0.4, -0.2) is 100 Å². The van der Waals surface area contributed by atoms with Crippen LogP contribution in [0.5, 0.6) is 0 Å². The van der Waals surface area contributed by atoms with Gasteiger partial charge in [0.2, 0.25) is 35.4 Å². The van der Waals surface area contributed by atoms with Gasteiger partial charge in [-0.15, -0.1) is 0 Å². The van der Waals surface area contributed by atoms with Crippen molar-refractivity contribution in [1.82, 2.24) is 36.5 Å². The number of hydrogen-bond acceptors (Lipinski definition) is 8. The van der Waals surface area contributed by atoms with E-state index in [1.54, 1.807) is 6.20 Å². The van der Waals surface area contributed by atoms with Gasteiger partial charge in [0.15, 0.2) is 0 Å². The van der Waals surface area contributed by atoms with Gasteiger partial charge in [0.1, 0.15) is 42.4 Å². The van der Waals surface area contributed by atoms with E-state index in [-0.39, 0.29) is 44.1 Å². The predicted octanol–water partition coefficient (Wildman–Crippen LogP) is 4.18. The lowest BCUT2D eigenvalue weighted by Crippen LogP contribution is -2.59. The maximum Gasteiger partial charge on any atom is 0.329 e. The first-order valence-corrected chi connectivity index (χ1v) is 22.0. The molecule has 15 heteroatoms. The quantitative estimate of drug-likeness (QED) is 0.135. The monoisotopic (exact) mass is 836 g/mol. The van der Waals surface area contributed by atoms with Crippen molar-refractivity contribution in [3.63, 3.8) is 0 Å². The van der Waals surface area contributed by atoms with Gasteiger partial charge in [-0.3, -0.25) is 28.8 Å². The summed E-state index contributed by atoms with van der Waals surface area (Å²) in [5, 5.41) is 14.8. The van der Waals surface area contributed by atoms with Crippen LogP contribution in [0.2, 0.25) is 0 Å². The van der Waals surface area contributed by atoms with Gasteiger partial charge >= 0.3 is 5.97 Å². The minimum atomic E-state index is -1.19. The number of aromatic nitrogens is 1. The number of benzene rings is 1. The molecule has 3 heterocycles. The third kappa shape index (κ3) is 14.1. The number of carbonyl (C=O) groups excluding carboxylic acids is 7. The molecule has 0 aliphatic carbocycles. The Balaban J connectivity index is 1.71. The Morgan fingerprint density at radius 2 is 1.33 bits per heavy atom. The zero-order valence-electron chi connectivity index (χ0n) is 36.9. The largest absolute Gasteiger partial charge is 0.460 e. The van der Waals surface area contributed by atoms with Crippen LogP contribution in [0.1, 0.15) is 125 Å². The minimum absolute atomic E-state index is 0.000280. The van der Waals surface area contributed by atoms with Gasteiger partial charge in [-0.25, -0.2) is 4.79 Å². The van der Waals surface area contributed by atoms with Crippen molar-refractivity contribution in [3.05, 3.63) is 36.0 Å². The van der Waals surface area contributed by atoms with Gasteiger partial charge in [0.05, 0.1) is 6.42 Å². The number of nitrogens with zero attached hydrogens (tertiary/aromatic N) is 1. The fourth-order valence-electron chi connectivity index (χ4n) is 7.98. The summed E-state index contributed by atoms with van der Waals surface area (Å²) >= 11 is 0. The first-order valence-electron chi connectivity index (χ1n) is 22.0. The Kier molecular flexibility index (Phi) is 18.0. The van der Waals surface area contributed by atoms with Crippen molar-refractivity contribution >= 4 is 52.3 Å². The first-order chi connectivity index (χ1) is 28.4. The fourth-order valence-corrected chi connectivity index (χ4v) is 7.98. The summed E-state index contributed by atoms with van der Waals surface area (Å²) in [5.41, 5.74) is 1.61. The summed E-state index contributed by atoms with van der Waals surface area (Å²) in [6.07, 6.45) is 6.11. The van der Waals surface area contributed by atoms with E-state index in [0.29, 0.717) is 31.6 Å². The van der Waals surface area contributed by atoms with E-state index in [2.05, 4.69) is 45.4 Å². The molecule has 15 nitrogen and oxygen atoms in total. The van der Waals surface area contributed by atoms with Crippen LogP contribution in [0.15, 0.2) is 30.5 Å². The van der Waals surface area contributed by atoms with Crippen LogP contribution in [0.3, 0.4) is 0 Å². The van der Waals surface area contributed by atoms with E-state index < -0.39 is 83.8 Å². The number of H-pyrrole nitrogens is 1. The molecule has 60 heavy (non-hydrogen) atoms. The molecule has 332 valence electrons. The van der Waals surface area contributed by atoms with Crippen molar-refractivity contribution in [2.24, 2.45) is 17.8 Å². The molecule has 2 aliphatic heterocycles. The Bertz CT molecular complexity index is 1810. The number of hydrogen-bond donors (Lipinski definition) is 6. The first kappa shape index (κ1) is 47.7. The Morgan fingerprint density at radius 1 is 0.700 bits per heavy atom. The fraction of sp³-hybridized carbons (Fsp3) is 0.667. The number of aromatic amines is 1. The number of nitrogens with one attached hydrogen (secondary N) is 6. The molecule has 4 rings (SSSR count). The van der Waals surface area contributed by atoms with E-state index in [4.69, 9.17) is 4.74 Å². The molecule has 0 spiro atoms. The summed E-state index contributed by atoms with van der Waals surface area (Å²) < 4.78 is 6.11. The lowest BCUT2D eigenvalue weighted by molar-refractivity contribution is -0.155. The zero-order valence-corrected chi connectivity index (χ0v) is 36.9. The number of carbonyl (C=O) groups is 7. The molecular formula is C45H69N7O8. The standard InChI is InChI=1S/C45H69N7O8/c1-26(2)15-10-9-11-16-32-24-39(53)47-29(7)40(54)48-30(8)41(55)50-36(22-28(5)6)44(58)52-20-14-19-38(52)43(57)49-35(21-27(3)4)42(56)51-37(45(59)60-32)23-31-25-46-34-18-13-12-17-33(31)34/h12-13,17-18,25-30,32,35-38,46H,9-11,14-16,19-24H2,1-8H3,(H,47,53)(H,48,54)(H,49,57)(H,50,55)(H,51,56)/t29-,30-,32?,35?,36?,37+,38+/m1/s1. The summed E-state index contributed by atoms with van der Waals surface area (Å²) in [6, 6.07) is 1.39. The van der Waals surface area contributed by atoms with Gasteiger partial charge in [-0.1, -0.05) is 79.0 Å². The molecule has 2 aromatic rings. The molecule has 6 N–H and O–H groups in total. The summed E-state index contributed by atoms with van der Waals surface area (Å²) in [4.78, 5) is 102. The molecule has 2 fully saturated rings. The molecule has 0 saturated carbocycles. The van der Waals surface area contributed by atoms with Crippen molar-refractivity contribution in [2.45, 2.75) is 168 Å². The van der Waals surface area contributed by atoms with Crippen LogP contribution in [0.4, 0.5) is 0 Å². The van der Waals surface area contributed by atoms with E-state index in [1.807, 2.05) is 52.0 Å². The maximum atomic E-state index is 14.3. The van der Waals surface area contributed by atoms with Crippen LogP contribution >= 0.6 is 0 Å². The van der Waals surface area contributed by atoms with Crippen LogP contribution in [0, 0.1) is 17.8 Å². The molecule has 1 aromatic heterocycles. The van der Waals surface area contributed by atoms with Gasteiger partial charge in [0, 0.05) is 30.1 Å². The van der Waals surface area contributed by atoms with Gasteiger partial charge < -0.3 is 41.2 Å². The average molecular weight is 836 g/mol. The number of amides is 6. The van der Waals surface area contributed by atoms with Crippen LogP contribution in [-0.2, 0) is 44.7 Å². The van der Waals surface area contributed by atoms with Crippen molar-refractivity contribution < 1.29 is 38.3 Å². The lowest BCUT2D eigenvalue weighted by Gasteiger charge is -2.31. The molecular weight excluding hydrogens is 767 g/mol. The van der Waals surface area contributed by atoms with E-state index in [0.717, 1.165) is 35.7 Å². The molecule has 6 amide bonds. The number of unbranched alkanes of at least 4 members (excludes halogenated alkanes) is 2. The second-order valence-electron chi connectivity index (χ2n) is 18.0. The molecule has 1 aromatic carbocycles. The highest BCUT2D eigenvalue weighted by Gasteiger charge is 2.40. The van der Waals surface area contributed by atoms with E-state index in [1.165, 1.54) is 18.7 Å². The molecule has 7 atom stereocenters. The molecule has 0 radical (unpaired) electrons. The van der Waals surface area contributed by atoms with Crippen molar-refractivity contribution in [1.29, 1.82) is 0 Å². The number of fused-ring (bicyclic) bond motifs is 2. The number of esters is 1. The molecule has 3 unspecified atom stereocenters. The Hall–Kier alpha value is -4.95. The number of rotatable bonds is 12. The topological polar surface area (TPSA) is 208 Å². The lowest BCUT2D eigenvalue weighted by atomic mass is 10.00. The highest BCUT2D eigenvalue weighted by molar-refractivity contribution is 5.97. The van der Waals surface area contributed by atoms with Crippen LogP contribution in [0.25, 0.3) is 10.9 Å². The maximum absolute atomic E-state index is 14.3. The normalized spacial score (nSPS) is 25.9. The number of ether oxygens (including phenoxy) is 1. The summed E-state index contributed by atoms with van der Waals surface area (Å²) in [7, 11) is 0. The molecule has 2 saturated heterocycles. The summed E-state index contributed by atoms with van der Waals surface area (Å²) in [5.74, 6) is -3.50. The third-order valence-electron chi connectivity index (χ3n) is 11.2. The predicted molar refractivity (Wildman–Crippen MR) is 229 cm³/mol. The van der Waals surface area contributed by atoms with E-state index >= 15 is 0 Å². The molecule has 2 aliphatic rings. The highest BCUT2D eigenvalue weighted by Crippen LogP contribution is 2.23. The van der Waals surface area contributed by atoms with Gasteiger partial charge in [0.25, 0.3) is 0 Å². The van der Waals surface area contributed by atoms with Crippen LogP contribution < -0.4 is 26.6 Å². The summed E-state index contributed by atoms with van der Waals surface area (Å²) in [6.45, 7) is 15.2. The minimum Gasteiger partial charge on any atom is -0.460 e. The Morgan fingerprint density at radius 3 is 2.03 bits per heavy atom. The third-order valence-corrected chi connectivity index (χ3v) is 11.2. The zero-order chi connectivity index (χ0) is 44.1. The average Bonchev–Trinajstić information content (AvgIpc) is 3.83. The smallest absolute Gasteiger partial charge is 0.329 e. The Labute approximate surface area is 355 Å². The molecule has 0 bridgehead atoms. The SMILES string of the molecule is CC(C)CCCCCC1CC(=O)N[C@H](C)C(=O)N[C@H](C)C(=O)NC(CC(C)C)C(=O)N2CCC[C@H]2C(=O)NC(CC(C)C)C(=O)N[C@@H](Cc2c[nH]c3ccccc23)C(=O)O1. The van der Waals surface area contributed by atoms with Crippen molar-refractivity contribution in [2.75, 3.05) is 6.54 Å². The second-order valence-corrected chi connectivity index (χ2v) is 18.0. The van der Waals surface area contributed by atoms with E-state index in [9.17, 15) is 33.6 Å². The number of cyclic esters (lactones) is 1. The van der Waals surface area contributed by atoms with Gasteiger partial charge in [-0.2, -0.15) is 0 Å². The highest BCUT2D eigenvalue weighted by atomic mass is 16.5. The van der Waals surface area contributed by atoms with Gasteiger partial charge in [-0.05, 0) is 81.8 Å². The number of para-hydroxylation sites is 1.